The Bertz CT molecular complexity index is 1310. The standard InChI is InChI=1S/C26H31N5O5/c1-4-18(3)29-14-12-28(13-15-29)17-24-27-23-11-10-21(31(34)35)16-22(23)25(32)30(24)20-8-6-19(7-9-20)26(33)36-5-2/h6-11,16,18H,4-5,12-15,17H2,1-3H3. The molecule has 2 heterocycles. The van der Waals surface area contributed by atoms with Gasteiger partial charge in [0.1, 0.15) is 5.82 Å². The van der Waals surface area contributed by atoms with Gasteiger partial charge in [0.2, 0.25) is 0 Å². The van der Waals surface area contributed by atoms with Crippen molar-refractivity contribution in [3.8, 4) is 5.69 Å². The average molecular weight is 494 g/mol. The van der Waals surface area contributed by atoms with Crippen LogP contribution in [0.2, 0.25) is 0 Å². The van der Waals surface area contributed by atoms with Crippen molar-refractivity contribution in [1.82, 2.24) is 19.4 Å². The van der Waals surface area contributed by atoms with Gasteiger partial charge in [0.15, 0.2) is 0 Å². The van der Waals surface area contributed by atoms with Gasteiger partial charge in [0.25, 0.3) is 11.2 Å². The van der Waals surface area contributed by atoms with Gasteiger partial charge in [-0.05, 0) is 50.6 Å². The summed E-state index contributed by atoms with van der Waals surface area (Å²) in [4.78, 5) is 46.0. The average Bonchev–Trinajstić information content (AvgIpc) is 2.89. The quantitative estimate of drug-likeness (QED) is 0.267. The minimum Gasteiger partial charge on any atom is -0.462 e. The van der Waals surface area contributed by atoms with Crippen LogP contribution < -0.4 is 5.56 Å². The molecule has 190 valence electrons. The number of aromatic nitrogens is 2. The highest BCUT2D eigenvalue weighted by molar-refractivity contribution is 5.89. The molecule has 4 rings (SSSR count). The SMILES string of the molecule is CCOC(=O)c1ccc(-n2c(CN3CCN(C(C)CC)CC3)nc3ccc([N+](=O)[O-])cc3c2=O)cc1. The Morgan fingerprint density at radius 2 is 1.81 bits per heavy atom. The fraction of sp³-hybridized carbons (Fsp3) is 0.423. The van der Waals surface area contributed by atoms with Gasteiger partial charge in [0.05, 0.1) is 40.2 Å². The van der Waals surface area contributed by atoms with Gasteiger partial charge >= 0.3 is 5.97 Å². The van der Waals surface area contributed by atoms with Crippen molar-refractivity contribution in [2.24, 2.45) is 0 Å². The van der Waals surface area contributed by atoms with E-state index in [1.54, 1.807) is 31.2 Å². The summed E-state index contributed by atoms with van der Waals surface area (Å²) in [6, 6.07) is 11.2. The summed E-state index contributed by atoms with van der Waals surface area (Å²) in [6.45, 7) is 10.4. The molecule has 0 bridgehead atoms. The molecule has 1 aromatic heterocycles. The molecule has 0 saturated carbocycles. The molecule has 3 aromatic rings. The maximum atomic E-state index is 13.6. The first kappa shape index (κ1) is 25.5. The fourth-order valence-electron chi connectivity index (χ4n) is 4.49. The summed E-state index contributed by atoms with van der Waals surface area (Å²) in [5.74, 6) is 0.102. The predicted octanol–water partition coefficient (Wildman–Crippen LogP) is 3.39. The number of benzene rings is 2. The van der Waals surface area contributed by atoms with E-state index in [0.29, 0.717) is 35.2 Å². The zero-order valence-corrected chi connectivity index (χ0v) is 20.8. The lowest BCUT2D eigenvalue weighted by molar-refractivity contribution is -0.384. The number of hydrogen-bond donors (Lipinski definition) is 0. The van der Waals surface area contributed by atoms with E-state index >= 15 is 0 Å². The topological polar surface area (TPSA) is 111 Å². The number of ether oxygens (including phenoxy) is 1. The molecule has 1 aliphatic rings. The third kappa shape index (κ3) is 5.29. The second kappa shape index (κ2) is 11.0. The zero-order valence-electron chi connectivity index (χ0n) is 20.8. The van der Waals surface area contributed by atoms with Crippen molar-refractivity contribution in [3.63, 3.8) is 0 Å². The summed E-state index contributed by atoms with van der Waals surface area (Å²) in [6.07, 6.45) is 1.10. The molecule has 0 amide bonds. The molecule has 1 unspecified atom stereocenters. The van der Waals surface area contributed by atoms with Gasteiger partial charge in [-0.15, -0.1) is 0 Å². The maximum Gasteiger partial charge on any atom is 0.338 e. The zero-order chi connectivity index (χ0) is 25.8. The molecular weight excluding hydrogens is 462 g/mol. The number of non-ortho nitro benzene ring substituents is 1. The number of hydrogen-bond acceptors (Lipinski definition) is 8. The molecule has 36 heavy (non-hydrogen) atoms. The number of nitro benzene ring substituents is 1. The molecule has 10 nitrogen and oxygen atoms in total. The Balaban J connectivity index is 1.74. The highest BCUT2D eigenvalue weighted by Gasteiger charge is 2.23. The molecular formula is C26H31N5O5. The van der Waals surface area contributed by atoms with Gasteiger partial charge in [-0.25, -0.2) is 9.78 Å². The van der Waals surface area contributed by atoms with Gasteiger partial charge in [0, 0.05) is 44.4 Å². The number of fused-ring (bicyclic) bond motifs is 1. The minimum atomic E-state index is -0.526. The van der Waals surface area contributed by atoms with Crippen LogP contribution in [0, 0.1) is 10.1 Å². The Hall–Kier alpha value is -3.63. The Morgan fingerprint density at radius 3 is 2.42 bits per heavy atom. The van der Waals surface area contributed by atoms with Crippen LogP contribution in [-0.2, 0) is 11.3 Å². The summed E-state index contributed by atoms with van der Waals surface area (Å²) in [5, 5.41) is 11.5. The molecule has 2 aromatic carbocycles. The molecule has 1 fully saturated rings. The third-order valence-corrected chi connectivity index (χ3v) is 6.75. The van der Waals surface area contributed by atoms with Crippen molar-refractivity contribution >= 4 is 22.6 Å². The second-order valence-corrected chi connectivity index (χ2v) is 8.96. The number of carbonyl (C=O) groups excluding carboxylic acids is 1. The number of piperazine rings is 1. The summed E-state index contributed by atoms with van der Waals surface area (Å²) in [7, 11) is 0. The van der Waals surface area contributed by atoms with Crippen LogP contribution in [-0.4, -0.2) is 69.1 Å². The van der Waals surface area contributed by atoms with Crippen LogP contribution in [0.5, 0.6) is 0 Å². The van der Waals surface area contributed by atoms with Gasteiger partial charge in [-0.1, -0.05) is 6.92 Å². The van der Waals surface area contributed by atoms with E-state index in [4.69, 9.17) is 9.72 Å². The fourth-order valence-corrected chi connectivity index (χ4v) is 4.49. The number of nitrogens with zero attached hydrogens (tertiary/aromatic N) is 5. The Labute approximate surface area is 209 Å². The molecule has 0 aliphatic carbocycles. The first-order valence-electron chi connectivity index (χ1n) is 12.3. The van der Waals surface area contributed by atoms with Crippen LogP contribution >= 0.6 is 0 Å². The summed E-state index contributed by atoms with van der Waals surface area (Å²) in [5.41, 5.74) is 0.765. The molecule has 1 saturated heterocycles. The van der Waals surface area contributed by atoms with E-state index in [-0.39, 0.29) is 23.2 Å². The van der Waals surface area contributed by atoms with Crippen LogP contribution in [0.25, 0.3) is 16.6 Å². The van der Waals surface area contributed by atoms with E-state index < -0.39 is 10.9 Å². The van der Waals surface area contributed by atoms with Crippen molar-refractivity contribution in [2.45, 2.75) is 39.8 Å². The van der Waals surface area contributed by atoms with E-state index in [0.717, 1.165) is 32.6 Å². The lowest BCUT2D eigenvalue weighted by Gasteiger charge is -2.37. The molecule has 1 atom stereocenters. The lowest BCUT2D eigenvalue weighted by Crippen LogP contribution is -2.49. The minimum absolute atomic E-state index is 0.167. The van der Waals surface area contributed by atoms with E-state index in [2.05, 4.69) is 23.6 Å². The molecule has 1 aliphatic heterocycles. The van der Waals surface area contributed by atoms with E-state index in [1.807, 2.05) is 0 Å². The first-order valence-corrected chi connectivity index (χ1v) is 12.3. The normalized spacial score (nSPS) is 15.6. The monoisotopic (exact) mass is 493 g/mol. The van der Waals surface area contributed by atoms with Gasteiger partial charge in [-0.3, -0.25) is 29.3 Å². The van der Waals surface area contributed by atoms with Crippen molar-refractivity contribution in [3.05, 3.63) is 74.3 Å². The van der Waals surface area contributed by atoms with Crippen LogP contribution in [0.4, 0.5) is 5.69 Å². The van der Waals surface area contributed by atoms with Crippen molar-refractivity contribution in [2.75, 3.05) is 32.8 Å². The second-order valence-electron chi connectivity index (χ2n) is 8.96. The number of nitro groups is 1. The van der Waals surface area contributed by atoms with Crippen molar-refractivity contribution < 1.29 is 14.5 Å². The summed E-state index contributed by atoms with van der Waals surface area (Å²) >= 11 is 0. The Kier molecular flexibility index (Phi) is 7.76. The Morgan fingerprint density at radius 1 is 1.11 bits per heavy atom. The van der Waals surface area contributed by atoms with E-state index in [9.17, 15) is 19.7 Å². The smallest absolute Gasteiger partial charge is 0.338 e. The lowest BCUT2D eigenvalue weighted by atomic mass is 10.1. The van der Waals surface area contributed by atoms with Gasteiger partial charge in [-0.2, -0.15) is 0 Å². The van der Waals surface area contributed by atoms with Crippen LogP contribution in [0.3, 0.4) is 0 Å². The molecule has 0 N–H and O–H groups in total. The molecule has 0 radical (unpaired) electrons. The highest BCUT2D eigenvalue weighted by atomic mass is 16.6. The first-order chi connectivity index (χ1) is 17.3. The highest BCUT2D eigenvalue weighted by Crippen LogP contribution is 2.21. The number of esters is 1. The van der Waals surface area contributed by atoms with Crippen LogP contribution in [0.1, 0.15) is 43.4 Å². The molecule has 0 spiro atoms. The van der Waals surface area contributed by atoms with Crippen molar-refractivity contribution in [1.29, 1.82) is 0 Å². The maximum absolute atomic E-state index is 13.6. The van der Waals surface area contributed by atoms with Crippen LogP contribution in [0.15, 0.2) is 47.3 Å². The van der Waals surface area contributed by atoms with E-state index in [1.165, 1.54) is 22.8 Å². The van der Waals surface area contributed by atoms with Gasteiger partial charge < -0.3 is 4.74 Å². The predicted molar refractivity (Wildman–Crippen MR) is 137 cm³/mol. The number of carbonyl (C=O) groups is 1. The largest absolute Gasteiger partial charge is 0.462 e. The number of rotatable bonds is 8. The summed E-state index contributed by atoms with van der Waals surface area (Å²) < 4.78 is 6.54. The third-order valence-electron chi connectivity index (χ3n) is 6.75. The molecule has 10 heteroatoms.